The predicted octanol–water partition coefficient (Wildman–Crippen LogP) is 3.12. The second-order valence-electron chi connectivity index (χ2n) is 5.41. The zero-order valence-corrected chi connectivity index (χ0v) is 13.3. The van der Waals surface area contributed by atoms with Crippen molar-refractivity contribution in [1.29, 1.82) is 0 Å². The number of rotatable bonds is 6. The standard InChI is InChI=1S/C17H24N2O3/c1-3-22-15-10-9-13(11-16(15)21-2)12-18-19-17(20)14-7-5-4-6-8-14/h9-12,14H,3-8H2,1-2H3,(H,19,20)/b18-12-. The Bertz CT molecular complexity index is 523. The lowest BCUT2D eigenvalue weighted by atomic mass is 9.89. The second kappa shape index (κ2) is 8.41. The Morgan fingerprint density at radius 1 is 1.32 bits per heavy atom. The van der Waals surface area contributed by atoms with Crippen molar-refractivity contribution in [2.24, 2.45) is 11.0 Å². The minimum atomic E-state index is 0.0221. The van der Waals surface area contributed by atoms with E-state index in [1.54, 1.807) is 13.3 Å². The maximum absolute atomic E-state index is 12.0. The van der Waals surface area contributed by atoms with Crippen molar-refractivity contribution in [2.75, 3.05) is 13.7 Å². The fraction of sp³-hybridized carbons (Fsp3) is 0.529. The summed E-state index contributed by atoms with van der Waals surface area (Å²) in [7, 11) is 1.60. The molecule has 1 fully saturated rings. The monoisotopic (exact) mass is 304 g/mol. The largest absolute Gasteiger partial charge is 0.493 e. The Hall–Kier alpha value is -2.04. The molecule has 1 aromatic rings. The van der Waals surface area contributed by atoms with Gasteiger partial charge in [0.1, 0.15) is 0 Å². The van der Waals surface area contributed by atoms with E-state index in [0.29, 0.717) is 18.1 Å². The molecule has 1 amide bonds. The van der Waals surface area contributed by atoms with Gasteiger partial charge in [0.25, 0.3) is 0 Å². The molecule has 0 atom stereocenters. The molecule has 5 heteroatoms. The molecule has 1 N–H and O–H groups in total. The van der Waals surface area contributed by atoms with E-state index in [2.05, 4.69) is 10.5 Å². The maximum Gasteiger partial charge on any atom is 0.243 e. The van der Waals surface area contributed by atoms with Crippen molar-refractivity contribution in [3.05, 3.63) is 23.8 Å². The molecule has 1 aromatic carbocycles. The SMILES string of the molecule is CCOc1ccc(/C=N\NC(=O)C2CCCCC2)cc1OC. The quantitative estimate of drug-likeness (QED) is 0.649. The van der Waals surface area contributed by atoms with Crippen LogP contribution in [0.15, 0.2) is 23.3 Å². The zero-order valence-electron chi connectivity index (χ0n) is 13.3. The van der Waals surface area contributed by atoms with Crippen LogP contribution in [0, 0.1) is 5.92 Å². The molecule has 1 aliphatic rings. The van der Waals surface area contributed by atoms with E-state index in [-0.39, 0.29) is 11.8 Å². The van der Waals surface area contributed by atoms with Crippen LogP contribution in [0.1, 0.15) is 44.6 Å². The third-order valence-electron chi connectivity index (χ3n) is 3.85. The summed E-state index contributed by atoms with van der Waals surface area (Å²) < 4.78 is 10.8. The van der Waals surface area contributed by atoms with Crippen molar-refractivity contribution < 1.29 is 14.3 Å². The van der Waals surface area contributed by atoms with Gasteiger partial charge < -0.3 is 9.47 Å². The van der Waals surface area contributed by atoms with Gasteiger partial charge in [0.15, 0.2) is 11.5 Å². The Balaban J connectivity index is 1.93. The normalized spacial score (nSPS) is 15.7. The molecule has 22 heavy (non-hydrogen) atoms. The molecule has 0 radical (unpaired) electrons. The highest BCUT2D eigenvalue weighted by Gasteiger charge is 2.20. The van der Waals surface area contributed by atoms with Gasteiger partial charge in [0.2, 0.25) is 5.91 Å². The molecule has 0 aliphatic heterocycles. The van der Waals surface area contributed by atoms with E-state index in [9.17, 15) is 4.79 Å². The molecule has 0 aromatic heterocycles. The molecule has 120 valence electrons. The van der Waals surface area contributed by atoms with Crippen LogP contribution in [0.5, 0.6) is 11.5 Å². The number of methoxy groups -OCH3 is 1. The van der Waals surface area contributed by atoms with Gasteiger partial charge in [0.05, 0.1) is 19.9 Å². The van der Waals surface area contributed by atoms with Crippen LogP contribution in [0.2, 0.25) is 0 Å². The highest BCUT2D eigenvalue weighted by atomic mass is 16.5. The van der Waals surface area contributed by atoms with E-state index in [1.165, 1.54) is 6.42 Å². The van der Waals surface area contributed by atoms with Crippen molar-refractivity contribution in [2.45, 2.75) is 39.0 Å². The Morgan fingerprint density at radius 2 is 2.09 bits per heavy atom. The highest BCUT2D eigenvalue weighted by Crippen LogP contribution is 2.27. The fourth-order valence-corrected chi connectivity index (χ4v) is 2.67. The first-order valence-electron chi connectivity index (χ1n) is 7.88. The maximum atomic E-state index is 12.0. The molecular formula is C17H24N2O3. The van der Waals surface area contributed by atoms with E-state index in [0.717, 1.165) is 31.2 Å². The number of hydrogen-bond acceptors (Lipinski definition) is 4. The lowest BCUT2D eigenvalue weighted by Crippen LogP contribution is -2.28. The average molecular weight is 304 g/mol. The molecule has 2 rings (SSSR count). The van der Waals surface area contributed by atoms with Gasteiger partial charge in [-0.3, -0.25) is 4.79 Å². The first kappa shape index (κ1) is 16.3. The van der Waals surface area contributed by atoms with E-state index in [4.69, 9.17) is 9.47 Å². The molecule has 5 nitrogen and oxygen atoms in total. The lowest BCUT2D eigenvalue weighted by molar-refractivity contribution is -0.125. The molecule has 1 aliphatic carbocycles. The van der Waals surface area contributed by atoms with E-state index in [1.807, 2.05) is 25.1 Å². The Labute approximate surface area is 131 Å². The summed E-state index contributed by atoms with van der Waals surface area (Å²) in [6.45, 7) is 2.51. The molecule has 0 bridgehead atoms. The number of carbonyl (C=O) groups excluding carboxylic acids is 1. The zero-order chi connectivity index (χ0) is 15.8. The van der Waals surface area contributed by atoms with Crippen LogP contribution in [0.3, 0.4) is 0 Å². The third kappa shape index (κ3) is 4.48. The minimum Gasteiger partial charge on any atom is -0.493 e. The number of carbonyl (C=O) groups is 1. The minimum absolute atomic E-state index is 0.0221. The number of nitrogens with one attached hydrogen (secondary N) is 1. The van der Waals surface area contributed by atoms with Gasteiger partial charge >= 0.3 is 0 Å². The number of nitrogens with zero attached hydrogens (tertiary/aromatic N) is 1. The second-order valence-corrected chi connectivity index (χ2v) is 5.41. The van der Waals surface area contributed by atoms with Crippen LogP contribution in [0.4, 0.5) is 0 Å². The highest BCUT2D eigenvalue weighted by molar-refractivity contribution is 5.84. The number of hydrazone groups is 1. The van der Waals surface area contributed by atoms with Crippen molar-refractivity contribution in [3.8, 4) is 11.5 Å². The summed E-state index contributed by atoms with van der Waals surface area (Å²) >= 11 is 0. The molecule has 0 heterocycles. The topological polar surface area (TPSA) is 59.9 Å². The van der Waals surface area contributed by atoms with Crippen LogP contribution in [0.25, 0.3) is 0 Å². The van der Waals surface area contributed by atoms with Crippen molar-refractivity contribution in [1.82, 2.24) is 5.43 Å². The first-order chi connectivity index (χ1) is 10.7. The number of benzene rings is 1. The van der Waals surface area contributed by atoms with Crippen molar-refractivity contribution in [3.63, 3.8) is 0 Å². The summed E-state index contributed by atoms with van der Waals surface area (Å²) in [5.41, 5.74) is 3.49. The Morgan fingerprint density at radius 3 is 2.77 bits per heavy atom. The van der Waals surface area contributed by atoms with Crippen LogP contribution >= 0.6 is 0 Å². The van der Waals surface area contributed by atoms with E-state index >= 15 is 0 Å². The summed E-state index contributed by atoms with van der Waals surface area (Å²) in [4.78, 5) is 12.0. The molecule has 0 saturated heterocycles. The van der Waals surface area contributed by atoms with Crippen LogP contribution < -0.4 is 14.9 Å². The Kier molecular flexibility index (Phi) is 6.25. The van der Waals surface area contributed by atoms with Crippen molar-refractivity contribution >= 4 is 12.1 Å². The van der Waals surface area contributed by atoms with Gasteiger partial charge in [-0.1, -0.05) is 19.3 Å². The number of amides is 1. The summed E-state index contributed by atoms with van der Waals surface area (Å²) in [6, 6.07) is 5.55. The smallest absolute Gasteiger partial charge is 0.243 e. The number of hydrogen-bond donors (Lipinski definition) is 1. The van der Waals surface area contributed by atoms with Gasteiger partial charge in [-0.15, -0.1) is 0 Å². The fourth-order valence-electron chi connectivity index (χ4n) is 2.67. The van der Waals surface area contributed by atoms with Crippen LogP contribution in [-0.2, 0) is 4.79 Å². The molecular weight excluding hydrogens is 280 g/mol. The summed E-state index contributed by atoms with van der Waals surface area (Å²) in [5, 5.41) is 4.05. The van der Waals surface area contributed by atoms with Gasteiger partial charge in [-0.25, -0.2) is 5.43 Å². The first-order valence-corrected chi connectivity index (χ1v) is 7.88. The van der Waals surface area contributed by atoms with E-state index < -0.39 is 0 Å². The molecule has 0 spiro atoms. The molecule has 0 unspecified atom stereocenters. The van der Waals surface area contributed by atoms with Gasteiger partial charge in [-0.2, -0.15) is 5.10 Å². The summed E-state index contributed by atoms with van der Waals surface area (Å²) in [6.07, 6.45) is 7.07. The third-order valence-corrected chi connectivity index (χ3v) is 3.85. The average Bonchev–Trinajstić information content (AvgIpc) is 2.57. The predicted molar refractivity (Wildman–Crippen MR) is 86.5 cm³/mol. The van der Waals surface area contributed by atoms with Gasteiger partial charge in [-0.05, 0) is 43.5 Å². The van der Waals surface area contributed by atoms with Crippen LogP contribution in [-0.4, -0.2) is 25.8 Å². The van der Waals surface area contributed by atoms with Gasteiger partial charge in [0, 0.05) is 5.92 Å². The lowest BCUT2D eigenvalue weighted by Gasteiger charge is -2.19. The number of ether oxygens (including phenoxy) is 2. The molecule has 1 saturated carbocycles. The summed E-state index contributed by atoms with van der Waals surface area (Å²) in [5.74, 6) is 1.49.